The van der Waals surface area contributed by atoms with Crippen LogP contribution in [0.25, 0.3) is 0 Å². The lowest BCUT2D eigenvalue weighted by Crippen LogP contribution is -2.34. The molecule has 178 valence electrons. The fraction of sp³-hybridized carbons (Fsp3) is 0.517. The molecule has 3 aliphatic rings. The molecule has 0 saturated heterocycles. The number of hydrogen-bond donors (Lipinski definition) is 0. The molecule has 0 atom stereocenters. The van der Waals surface area contributed by atoms with Crippen molar-refractivity contribution >= 4 is 11.5 Å². The molecule has 0 amide bonds. The van der Waals surface area contributed by atoms with Crippen LogP contribution in [0.15, 0.2) is 80.9 Å². The first-order valence-electron chi connectivity index (χ1n) is 12.7. The van der Waals surface area contributed by atoms with Gasteiger partial charge in [0.1, 0.15) is 5.84 Å². The zero-order chi connectivity index (χ0) is 24.0. The monoisotopic (exact) mass is 446 g/mol. The maximum atomic E-state index is 5.02. The molecular formula is C29H42N4. The van der Waals surface area contributed by atoms with Crippen LogP contribution in [0.2, 0.25) is 0 Å². The second kappa shape index (κ2) is 11.5. The van der Waals surface area contributed by atoms with Gasteiger partial charge in [-0.25, -0.2) is 4.99 Å². The average molecular weight is 447 g/mol. The molecule has 0 spiro atoms. The van der Waals surface area contributed by atoms with Crippen molar-refractivity contribution in [3.63, 3.8) is 0 Å². The Labute approximate surface area is 201 Å². The van der Waals surface area contributed by atoms with Crippen LogP contribution in [0.3, 0.4) is 0 Å². The Morgan fingerprint density at radius 1 is 1.24 bits per heavy atom. The molecule has 1 fully saturated rings. The zero-order valence-electron chi connectivity index (χ0n) is 21.6. The summed E-state index contributed by atoms with van der Waals surface area (Å²) >= 11 is 0. The molecule has 0 unspecified atom stereocenters. The number of fused-ring (bicyclic) bond motifs is 1. The smallest absolute Gasteiger partial charge is 0.137 e. The van der Waals surface area contributed by atoms with Crippen molar-refractivity contribution in [3.05, 3.63) is 70.9 Å². The summed E-state index contributed by atoms with van der Waals surface area (Å²) in [5, 5.41) is 0. The first-order chi connectivity index (χ1) is 15.9. The summed E-state index contributed by atoms with van der Waals surface area (Å²) in [6.45, 7) is 17.5. The Kier molecular flexibility index (Phi) is 8.71. The number of rotatable bonds is 11. The molecule has 0 aromatic heterocycles. The van der Waals surface area contributed by atoms with E-state index in [1.807, 2.05) is 7.05 Å². The van der Waals surface area contributed by atoms with E-state index in [4.69, 9.17) is 4.99 Å². The second-order valence-corrected chi connectivity index (χ2v) is 9.69. The Balaban J connectivity index is 1.91. The first kappa shape index (κ1) is 25.0. The quantitative estimate of drug-likeness (QED) is 0.191. The highest BCUT2D eigenvalue weighted by molar-refractivity contribution is 6.12. The molecule has 0 radical (unpaired) electrons. The number of aliphatic imine (C=N–C) groups is 2. The van der Waals surface area contributed by atoms with E-state index < -0.39 is 0 Å². The van der Waals surface area contributed by atoms with Crippen LogP contribution in [-0.2, 0) is 0 Å². The summed E-state index contributed by atoms with van der Waals surface area (Å²) in [4.78, 5) is 14.4. The number of allylic oxidation sites excluding steroid dienone is 6. The van der Waals surface area contributed by atoms with E-state index in [0.29, 0.717) is 5.92 Å². The third-order valence-corrected chi connectivity index (χ3v) is 6.36. The van der Waals surface area contributed by atoms with Gasteiger partial charge < -0.3 is 4.90 Å². The van der Waals surface area contributed by atoms with E-state index in [-0.39, 0.29) is 0 Å². The standard InChI is InChI=1S/C29H42N4/c1-8-10-11-16-32(19-21(3)4)25-14-15-29-31-27(18-28(24-12-13-24)33(29)20-25)26(30-7)17-23(6)22(5)9-2/h14-15,17-18,20-21H,5,8-13,16,19H2,1-4,6-7H3/b23-17+,30-26?. The highest BCUT2D eigenvalue weighted by Gasteiger charge is 2.29. The van der Waals surface area contributed by atoms with Gasteiger partial charge in [0, 0.05) is 32.0 Å². The predicted octanol–water partition coefficient (Wildman–Crippen LogP) is 7.18. The first-order valence-corrected chi connectivity index (χ1v) is 12.7. The van der Waals surface area contributed by atoms with Gasteiger partial charge >= 0.3 is 0 Å². The summed E-state index contributed by atoms with van der Waals surface area (Å²) in [7, 11) is 1.85. The summed E-state index contributed by atoms with van der Waals surface area (Å²) in [6, 6.07) is 0. The summed E-state index contributed by atoms with van der Waals surface area (Å²) in [5.41, 5.74) is 8.22. The molecule has 2 heterocycles. The van der Waals surface area contributed by atoms with Crippen LogP contribution in [0.5, 0.6) is 0 Å². The number of hydrogen-bond acceptors (Lipinski definition) is 4. The third kappa shape index (κ3) is 6.46. The molecule has 0 aromatic rings. The topological polar surface area (TPSA) is 31.2 Å². The van der Waals surface area contributed by atoms with E-state index >= 15 is 0 Å². The molecule has 4 nitrogen and oxygen atoms in total. The number of nitrogens with zero attached hydrogens (tertiary/aromatic N) is 4. The Morgan fingerprint density at radius 2 is 2.00 bits per heavy atom. The van der Waals surface area contributed by atoms with Gasteiger partial charge in [-0.2, -0.15) is 0 Å². The van der Waals surface area contributed by atoms with Gasteiger partial charge in [-0.05, 0) is 74.0 Å². The highest BCUT2D eigenvalue weighted by atomic mass is 15.2. The molecule has 33 heavy (non-hydrogen) atoms. The Bertz CT molecular complexity index is 960. The number of amidine groups is 1. The number of unbranched alkanes of at least 4 members (excludes halogenated alkanes) is 2. The van der Waals surface area contributed by atoms with E-state index in [1.165, 1.54) is 54.6 Å². The predicted molar refractivity (Wildman–Crippen MR) is 143 cm³/mol. The summed E-state index contributed by atoms with van der Waals surface area (Å²) in [6.07, 6.45) is 18.1. The molecule has 0 N–H and O–H groups in total. The van der Waals surface area contributed by atoms with Crippen molar-refractivity contribution in [2.45, 2.75) is 73.1 Å². The van der Waals surface area contributed by atoms with E-state index in [2.05, 4.69) is 86.5 Å². The zero-order valence-corrected chi connectivity index (χ0v) is 21.6. The minimum Gasteiger partial charge on any atom is -0.370 e. The lowest BCUT2D eigenvalue weighted by Gasteiger charge is -2.34. The lowest BCUT2D eigenvalue weighted by molar-refractivity contribution is 0.301. The molecule has 0 bridgehead atoms. The largest absolute Gasteiger partial charge is 0.370 e. The van der Waals surface area contributed by atoms with Crippen LogP contribution in [0.4, 0.5) is 0 Å². The van der Waals surface area contributed by atoms with Gasteiger partial charge in [-0.15, -0.1) is 0 Å². The van der Waals surface area contributed by atoms with Crippen molar-refractivity contribution in [1.82, 2.24) is 9.80 Å². The SMILES string of the molecule is C=C(CC)/C(C)=C/C(=NC)C1=CC(=C2CC2)N2C=C(N(CCCCC)CC(C)C)C=CC2=N1. The maximum Gasteiger partial charge on any atom is 0.137 e. The van der Waals surface area contributed by atoms with Gasteiger partial charge in [-0.1, -0.05) is 52.7 Å². The van der Waals surface area contributed by atoms with Crippen molar-refractivity contribution in [3.8, 4) is 0 Å². The van der Waals surface area contributed by atoms with E-state index in [0.717, 1.165) is 42.3 Å². The second-order valence-electron chi connectivity index (χ2n) is 9.69. The van der Waals surface area contributed by atoms with Crippen molar-refractivity contribution in [2.24, 2.45) is 15.9 Å². The van der Waals surface area contributed by atoms with E-state index in [1.54, 1.807) is 0 Å². The van der Waals surface area contributed by atoms with Crippen LogP contribution in [0.1, 0.15) is 73.1 Å². The van der Waals surface area contributed by atoms with Crippen LogP contribution in [-0.4, -0.2) is 41.5 Å². The van der Waals surface area contributed by atoms with Gasteiger partial charge in [0.2, 0.25) is 0 Å². The Morgan fingerprint density at radius 3 is 2.61 bits per heavy atom. The van der Waals surface area contributed by atoms with Gasteiger partial charge in [-0.3, -0.25) is 9.89 Å². The third-order valence-electron chi connectivity index (χ3n) is 6.36. The molecule has 2 aliphatic heterocycles. The fourth-order valence-electron chi connectivity index (χ4n) is 4.19. The minimum atomic E-state index is 0.626. The fourth-order valence-corrected chi connectivity index (χ4v) is 4.19. The van der Waals surface area contributed by atoms with Crippen LogP contribution < -0.4 is 0 Å². The van der Waals surface area contributed by atoms with Crippen molar-refractivity contribution < 1.29 is 0 Å². The molecule has 1 aliphatic carbocycles. The van der Waals surface area contributed by atoms with Crippen molar-refractivity contribution in [1.29, 1.82) is 0 Å². The molecule has 1 saturated carbocycles. The summed E-state index contributed by atoms with van der Waals surface area (Å²) in [5.74, 6) is 1.60. The molecule has 4 heteroatoms. The maximum absolute atomic E-state index is 5.02. The van der Waals surface area contributed by atoms with Gasteiger partial charge in [0.05, 0.1) is 17.1 Å². The Hall–Kier alpha value is -2.62. The van der Waals surface area contributed by atoms with Gasteiger partial charge in [0.15, 0.2) is 0 Å². The normalized spacial score (nSPS) is 18.3. The van der Waals surface area contributed by atoms with E-state index in [9.17, 15) is 0 Å². The van der Waals surface area contributed by atoms with Crippen LogP contribution in [0, 0.1) is 5.92 Å². The summed E-state index contributed by atoms with van der Waals surface area (Å²) < 4.78 is 0. The van der Waals surface area contributed by atoms with Gasteiger partial charge in [0.25, 0.3) is 0 Å². The van der Waals surface area contributed by atoms with Crippen LogP contribution >= 0.6 is 0 Å². The molecule has 3 rings (SSSR count). The average Bonchev–Trinajstić information content (AvgIpc) is 3.65. The van der Waals surface area contributed by atoms with Crippen molar-refractivity contribution in [2.75, 3.05) is 20.1 Å². The molecule has 0 aromatic carbocycles. The lowest BCUT2D eigenvalue weighted by atomic mass is 10.0. The minimum absolute atomic E-state index is 0.626. The highest BCUT2D eigenvalue weighted by Crippen LogP contribution is 2.38. The molecular weight excluding hydrogens is 404 g/mol.